The number of fused-ring (bicyclic) bond motifs is 3. The average molecular weight is 328 g/mol. The molecule has 3 fully saturated rings. The summed E-state index contributed by atoms with van der Waals surface area (Å²) < 4.78 is 29.1. The van der Waals surface area contributed by atoms with E-state index in [9.17, 15) is 15.4 Å². The van der Waals surface area contributed by atoms with Gasteiger partial charge >= 0.3 is 0 Å². The number of nitro groups is 1. The Bertz CT molecular complexity index is 544. The van der Waals surface area contributed by atoms with E-state index in [-0.39, 0.29) is 0 Å². The maximum absolute atomic E-state index is 10.8. The Morgan fingerprint density at radius 3 is 2.26 bits per heavy atom. The zero-order chi connectivity index (χ0) is 17.0. The van der Waals surface area contributed by atoms with Crippen LogP contribution in [0, 0.1) is 27.4 Å². The van der Waals surface area contributed by atoms with Crippen molar-refractivity contribution in [1.29, 1.82) is 5.26 Å². The van der Waals surface area contributed by atoms with Crippen LogP contribution in [0.4, 0.5) is 0 Å². The normalized spacial score (nSPS) is 41.6. The molecule has 3 aliphatic heterocycles. The number of nitriles is 1. The van der Waals surface area contributed by atoms with Gasteiger partial charge in [-0.3, -0.25) is 10.1 Å². The van der Waals surface area contributed by atoms with Crippen LogP contribution in [-0.4, -0.2) is 53.7 Å². The Hall–Kier alpha value is -1.31. The molecule has 9 heteroatoms. The monoisotopic (exact) mass is 328 g/mol. The Balaban J connectivity index is 1.89. The van der Waals surface area contributed by atoms with Crippen molar-refractivity contribution < 1.29 is 28.6 Å². The first kappa shape index (κ1) is 16.5. The molecule has 3 aliphatic rings. The molecule has 0 aromatic carbocycles. The molecule has 128 valence electrons. The molecule has 6 atom stereocenters. The van der Waals surface area contributed by atoms with Crippen LogP contribution in [0.25, 0.3) is 0 Å². The minimum Gasteiger partial charge on any atom is -0.342 e. The summed E-state index contributed by atoms with van der Waals surface area (Å²) >= 11 is 0. The van der Waals surface area contributed by atoms with Crippen LogP contribution >= 0.6 is 0 Å². The summed E-state index contributed by atoms with van der Waals surface area (Å²) in [4.78, 5) is 10.3. The lowest BCUT2D eigenvalue weighted by Gasteiger charge is -2.38. The zero-order valence-corrected chi connectivity index (χ0v) is 13.4. The van der Waals surface area contributed by atoms with Crippen LogP contribution in [0.1, 0.15) is 27.7 Å². The van der Waals surface area contributed by atoms with Gasteiger partial charge in [0.15, 0.2) is 17.9 Å². The van der Waals surface area contributed by atoms with Crippen molar-refractivity contribution in [2.24, 2.45) is 5.92 Å². The van der Waals surface area contributed by atoms with Gasteiger partial charge in [-0.1, -0.05) is 0 Å². The van der Waals surface area contributed by atoms with Gasteiger partial charge in [0.2, 0.25) is 6.54 Å². The highest BCUT2D eigenvalue weighted by molar-refractivity contribution is 5.05. The van der Waals surface area contributed by atoms with Crippen molar-refractivity contribution in [1.82, 2.24) is 0 Å². The molecular weight excluding hydrogens is 308 g/mol. The molecule has 0 unspecified atom stereocenters. The van der Waals surface area contributed by atoms with Gasteiger partial charge < -0.3 is 23.7 Å². The first-order chi connectivity index (χ1) is 10.6. The van der Waals surface area contributed by atoms with E-state index >= 15 is 0 Å². The number of rotatable bonds is 3. The Morgan fingerprint density at radius 2 is 1.65 bits per heavy atom. The van der Waals surface area contributed by atoms with E-state index in [1.54, 1.807) is 27.7 Å². The van der Waals surface area contributed by atoms with Gasteiger partial charge in [-0.05, 0) is 27.7 Å². The quantitative estimate of drug-likeness (QED) is 0.552. The Kier molecular flexibility index (Phi) is 3.85. The molecule has 0 aromatic rings. The lowest BCUT2D eigenvalue weighted by atomic mass is 9.90. The number of ether oxygens (including phenoxy) is 5. The van der Waals surface area contributed by atoms with E-state index in [4.69, 9.17) is 23.7 Å². The summed E-state index contributed by atoms with van der Waals surface area (Å²) in [5.41, 5.74) is 0. The minimum atomic E-state index is -0.969. The number of hydrogen-bond donors (Lipinski definition) is 0. The SMILES string of the molecule is CC1(C)O[C@@H]2[C@H](O1)[C@H]1OC(C)(C)O[C@H]1O[C@@H]2[C@@H](C#N)C[N+](=O)[O-]. The van der Waals surface area contributed by atoms with E-state index in [0.717, 1.165) is 0 Å². The van der Waals surface area contributed by atoms with Crippen LogP contribution in [0.2, 0.25) is 0 Å². The fourth-order valence-electron chi connectivity index (χ4n) is 3.35. The van der Waals surface area contributed by atoms with E-state index in [2.05, 4.69) is 0 Å². The lowest BCUT2D eigenvalue weighted by molar-refractivity contribution is -0.489. The van der Waals surface area contributed by atoms with Crippen molar-refractivity contribution in [3.05, 3.63) is 10.1 Å². The second-order valence-electron chi connectivity index (χ2n) is 6.88. The maximum Gasteiger partial charge on any atom is 0.222 e. The van der Waals surface area contributed by atoms with Gasteiger partial charge in [-0.2, -0.15) is 5.26 Å². The topological polar surface area (TPSA) is 113 Å². The summed E-state index contributed by atoms with van der Waals surface area (Å²) in [6, 6.07) is 1.95. The second kappa shape index (κ2) is 5.36. The van der Waals surface area contributed by atoms with Gasteiger partial charge in [0.1, 0.15) is 30.3 Å². The smallest absolute Gasteiger partial charge is 0.222 e. The van der Waals surface area contributed by atoms with Crippen LogP contribution in [0.5, 0.6) is 0 Å². The standard InChI is InChI=1S/C14H20N2O7/c1-13(2)20-9-8(7(5-15)6-16(17)18)19-12-11(10(9)21-13)22-14(3,4)23-12/h7-12H,6H2,1-4H3/t7-,8+,9-,10-,11+,12+/m0/s1. The lowest BCUT2D eigenvalue weighted by Crippen LogP contribution is -2.57. The van der Waals surface area contributed by atoms with E-state index < -0.39 is 59.7 Å². The highest BCUT2D eigenvalue weighted by atomic mass is 16.9. The van der Waals surface area contributed by atoms with Gasteiger partial charge in [0, 0.05) is 4.92 Å². The summed E-state index contributed by atoms with van der Waals surface area (Å²) in [5, 5.41) is 20.2. The molecule has 23 heavy (non-hydrogen) atoms. The molecule has 0 radical (unpaired) electrons. The first-order valence-electron chi connectivity index (χ1n) is 7.50. The average Bonchev–Trinajstić information content (AvgIpc) is 2.89. The molecule has 0 aromatic heterocycles. The summed E-state index contributed by atoms with van der Waals surface area (Å²) in [5.74, 6) is -2.73. The Labute approximate surface area is 133 Å². The third kappa shape index (κ3) is 3.05. The molecule has 0 bridgehead atoms. The highest BCUT2D eigenvalue weighted by Crippen LogP contribution is 2.45. The molecule has 0 spiro atoms. The van der Waals surface area contributed by atoms with E-state index in [1.165, 1.54) is 0 Å². The molecule has 0 N–H and O–H groups in total. The third-order valence-electron chi connectivity index (χ3n) is 4.10. The van der Waals surface area contributed by atoms with Crippen molar-refractivity contribution in [2.45, 2.75) is 70.0 Å². The molecule has 0 saturated carbocycles. The zero-order valence-electron chi connectivity index (χ0n) is 13.4. The van der Waals surface area contributed by atoms with Crippen LogP contribution in [-0.2, 0) is 23.7 Å². The first-order valence-corrected chi connectivity index (χ1v) is 7.50. The highest BCUT2D eigenvalue weighted by Gasteiger charge is 2.62. The molecule has 3 rings (SSSR count). The second-order valence-corrected chi connectivity index (χ2v) is 6.88. The van der Waals surface area contributed by atoms with Gasteiger partial charge in [-0.15, -0.1) is 0 Å². The van der Waals surface area contributed by atoms with Gasteiger partial charge in [0.25, 0.3) is 0 Å². The van der Waals surface area contributed by atoms with E-state index in [0.29, 0.717) is 0 Å². The predicted octanol–water partition coefficient (Wildman–Crippen LogP) is 0.799. The Morgan fingerprint density at radius 1 is 1.09 bits per heavy atom. The fourth-order valence-corrected chi connectivity index (χ4v) is 3.35. The van der Waals surface area contributed by atoms with E-state index in [1.807, 2.05) is 6.07 Å². The van der Waals surface area contributed by atoms with Crippen molar-refractivity contribution in [3.8, 4) is 6.07 Å². The molecule has 0 aliphatic carbocycles. The largest absolute Gasteiger partial charge is 0.342 e. The van der Waals surface area contributed by atoms with Gasteiger partial charge in [0.05, 0.1) is 6.07 Å². The fraction of sp³-hybridized carbons (Fsp3) is 0.929. The third-order valence-corrected chi connectivity index (χ3v) is 4.10. The molecular formula is C14H20N2O7. The van der Waals surface area contributed by atoms with Crippen molar-refractivity contribution in [3.63, 3.8) is 0 Å². The maximum atomic E-state index is 10.8. The van der Waals surface area contributed by atoms with Crippen LogP contribution in [0.3, 0.4) is 0 Å². The van der Waals surface area contributed by atoms with Crippen molar-refractivity contribution in [2.75, 3.05) is 6.54 Å². The molecule has 3 heterocycles. The number of hydrogen-bond acceptors (Lipinski definition) is 8. The van der Waals surface area contributed by atoms with Crippen LogP contribution in [0.15, 0.2) is 0 Å². The molecule has 3 saturated heterocycles. The summed E-state index contributed by atoms with van der Waals surface area (Å²) in [6.45, 7) is 6.45. The van der Waals surface area contributed by atoms with Crippen molar-refractivity contribution >= 4 is 0 Å². The van der Waals surface area contributed by atoms with Crippen LogP contribution < -0.4 is 0 Å². The minimum absolute atomic E-state index is 0.511. The number of nitrogens with zero attached hydrogens (tertiary/aromatic N) is 2. The predicted molar refractivity (Wildman–Crippen MR) is 73.5 cm³/mol. The summed E-state index contributed by atoms with van der Waals surface area (Å²) in [7, 11) is 0. The summed E-state index contributed by atoms with van der Waals surface area (Å²) in [6.07, 6.45) is -3.23. The molecule has 9 nitrogen and oxygen atoms in total. The molecule has 0 amide bonds. The van der Waals surface area contributed by atoms with Gasteiger partial charge in [-0.25, -0.2) is 0 Å².